The maximum atomic E-state index is 13.9. The number of nitro groups is 1. The summed E-state index contributed by atoms with van der Waals surface area (Å²) in [6.07, 6.45) is 3.00. The van der Waals surface area contributed by atoms with Crippen molar-refractivity contribution in [1.29, 1.82) is 0 Å². The largest absolute Gasteiger partial charge is 0.363 e. The molecule has 0 aliphatic heterocycles. The predicted octanol–water partition coefficient (Wildman–Crippen LogP) is 3.45. The van der Waals surface area contributed by atoms with Crippen LogP contribution in [0.2, 0.25) is 0 Å². The van der Waals surface area contributed by atoms with Gasteiger partial charge in [-0.1, -0.05) is 6.42 Å². The number of nitro benzene ring substituents is 1. The lowest BCUT2D eigenvalue weighted by molar-refractivity contribution is -0.384. The number of nitrogens with zero attached hydrogens (tertiary/aromatic N) is 2. The number of halogens is 2. The second kappa shape index (κ2) is 6.70. The number of anilines is 1. The summed E-state index contributed by atoms with van der Waals surface area (Å²) >= 11 is 3.01. The zero-order chi connectivity index (χ0) is 15.6. The van der Waals surface area contributed by atoms with Crippen LogP contribution in [0.4, 0.5) is 15.8 Å². The number of nitrogens with two attached hydrogens (primary N) is 1. The van der Waals surface area contributed by atoms with Crippen molar-refractivity contribution in [2.75, 3.05) is 18.0 Å². The van der Waals surface area contributed by atoms with Crippen molar-refractivity contribution in [3.05, 3.63) is 32.5 Å². The highest BCUT2D eigenvalue weighted by Gasteiger charge is 2.34. The zero-order valence-corrected chi connectivity index (χ0v) is 13.5. The zero-order valence-electron chi connectivity index (χ0n) is 11.9. The van der Waals surface area contributed by atoms with Crippen LogP contribution in [0.1, 0.15) is 26.2 Å². The summed E-state index contributed by atoms with van der Waals surface area (Å²) in [6, 6.07) is 2.62. The maximum Gasteiger partial charge on any atom is 0.293 e. The van der Waals surface area contributed by atoms with Gasteiger partial charge in [0.25, 0.3) is 5.69 Å². The minimum absolute atomic E-state index is 0.0761. The van der Waals surface area contributed by atoms with Crippen molar-refractivity contribution in [2.24, 2.45) is 11.7 Å². The van der Waals surface area contributed by atoms with E-state index in [-0.39, 0.29) is 16.2 Å². The fourth-order valence-corrected chi connectivity index (χ4v) is 3.52. The van der Waals surface area contributed by atoms with Crippen LogP contribution in [0, 0.1) is 21.8 Å². The normalized spacial score (nSPS) is 21.5. The van der Waals surface area contributed by atoms with Crippen LogP contribution in [0.3, 0.4) is 0 Å². The van der Waals surface area contributed by atoms with Gasteiger partial charge < -0.3 is 10.6 Å². The fraction of sp³-hybridized carbons (Fsp3) is 0.571. The molecular weight excluding hydrogens is 341 g/mol. The Balaban J connectivity index is 2.46. The SMILES string of the molecule is CCN(c1cc(F)c(Br)cc1[N+](=O)[O-])C1CCCC1CN. The van der Waals surface area contributed by atoms with Gasteiger partial charge in [-0.2, -0.15) is 0 Å². The third-order valence-electron chi connectivity index (χ3n) is 4.19. The van der Waals surface area contributed by atoms with Gasteiger partial charge in [-0.15, -0.1) is 0 Å². The first kappa shape index (κ1) is 16.2. The maximum absolute atomic E-state index is 13.9. The summed E-state index contributed by atoms with van der Waals surface area (Å²) in [5, 5.41) is 11.3. The molecule has 21 heavy (non-hydrogen) atoms. The lowest BCUT2D eigenvalue weighted by Gasteiger charge is -2.33. The van der Waals surface area contributed by atoms with Crippen LogP contribution >= 0.6 is 15.9 Å². The van der Waals surface area contributed by atoms with Crippen LogP contribution < -0.4 is 10.6 Å². The molecule has 1 saturated carbocycles. The highest BCUT2D eigenvalue weighted by molar-refractivity contribution is 9.10. The first-order chi connectivity index (χ1) is 9.99. The fourth-order valence-electron chi connectivity index (χ4n) is 3.19. The summed E-state index contributed by atoms with van der Waals surface area (Å²) in [5.74, 6) is -0.187. The molecule has 7 heteroatoms. The minimum Gasteiger partial charge on any atom is -0.363 e. The molecule has 116 valence electrons. The van der Waals surface area contributed by atoms with Gasteiger partial charge in [0.05, 0.1) is 9.40 Å². The lowest BCUT2D eigenvalue weighted by atomic mass is 10.0. The second-order valence-electron chi connectivity index (χ2n) is 5.29. The van der Waals surface area contributed by atoms with Gasteiger partial charge in [-0.05, 0) is 48.2 Å². The molecule has 0 amide bonds. The molecule has 1 aliphatic carbocycles. The molecule has 0 radical (unpaired) electrons. The van der Waals surface area contributed by atoms with Gasteiger partial charge in [0.15, 0.2) is 0 Å². The molecule has 5 nitrogen and oxygen atoms in total. The van der Waals surface area contributed by atoms with Crippen LogP contribution in [-0.2, 0) is 0 Å². The molecule has 2 rings (SSSR count). The summed E-state index contributed by atoms with van der Waals surface area (Å²) in [4.78, 5) is 12.7. The molecule has 0 heterocycles. The summed E-state index contributed by atoms with van der Waals surface area (Å²) in [7, 11) is 0. The van der Waals surface area contributed by atoms with Crippen LogP contribution in [0.25, 0.3) is 0 Å². The van der Waals surface area contributed by atoms with Crippen molar-refractivity contribution < 1.29 is 9.31 Å². The van der Waals surface area contributed by atoms with Gasteiger partial charge in [0.2, 0.25) is 0 Å². The Morgan fingerprint density at radius 1 is 1.52 bits per heavy atom. The summed E-state index contributed by atoms with van der Waals surface area (Å²) in [5.41, 5.74) is 6.07. The van der Waals surface area contributed by atoms with Gasteiger partial charge in [0, 0.05) is 24.7 Å². The standard InChI is InChI=1S/C14H19BrFN3O2/c1-2-18(12-5-3-4-9(12)8-17)13-7-11(16)10(15)6-14(13)19(20)21/h6-7,9,12H,2-5,8,17H2,1H3. The molecule has 1 fully saturated rings. The molecule has 2 N–H and O–H groups in total. The Morgan fingerprint density at radius 3 is 2.81 bits per heavy atom. The quantitative estimate of drug-likeness (QED) is 0.645. The molecule has 1 aromatic carbocycles. The minimum atomic E-state index is -0.489. The van der Waals surface area contributed by atoms with Gasteiger partial charge >= 0.3 is 0 Å². The average Bonchev–Trinajstić information content (AvgIpc) is 2.91. The van der Waals surface area contributed by atoms with E-state index in [1.54, 1.807) is 0 Å². The molecule has 0 saturated heterocycles. The van der Waals surface area contributed by atoms with Gasteiger partial charge in [-0.3, -0.25) is 10.1 Å². The Labute approximate surface area is 131 Å². The second-order valence-corrected chi connectivity index (χ2v) is 6.15. The van der Waals surface area contributed by atoms with Crippen LogP contribution in [-0.4, -0.2) is 24.1 Å². The van der Waals surface area contributed by atoms with E-state index in [1.807, 2.05) is 11.8 Å². The molecule has 2 atom stereocenters. The van der Waals surface area contributed by atoms with E-state index in [4.69, 9.17) is 5.73 Å². The smallest absolute Gasteiger partial charge is 0.293 e. The molecule has 0 aromatic heterocycles. The van der Waals surface area contributed by atoms with E-state index >= 15 is 0 Å². The highest BCUT2D eigenvalue weighted by Crippen LogP contribution is 2.38. The molecule has 1 aromatic rings. The number of hydrogen-bond donors (Lipinski definition) is 1. The Hall–Kier alpha value is -1.21. The van der Waals surface area contributed by atoms with E-state index in [0.717, 1.165) is 19.3 Å². The molecule has 0 spiro atoms. The van der Waals surface area contributed by atoms with E-state index < -0.39 is 10.7 Å². The van der Waals surface area contributed by atoms with Crippen molar-refractivity contribution >= 4 is 27.3 Å². The van der Waals surface area contributed by atoms with Gasteiger partial charge in [0.1, 0.15) is 11.5 Å². The monoisotopic (exact) mass is 359 g/mol. The molecule has 0 bridgehead atoms. The lowest BCUT2D eigenvalue weighted by Crippen LogP contribution is -2.40. The Bertz CT molecular complexity index is 541. The van der Waals surface area contributed by atoms with Crippen molar-refractivity contribution in [2.45, 2.75) is 32.2 Å². The molecular formula is C14H19BrFN3O2. The van der Waals surface area contributed by atoms with Gasteiger partial charge in [-0.25, -0.2) is 4.39 Å². The Kier molecular flexibility index (Phi) is 5.16. The van der Waals surface area contributed by atoms with Crippen molar-refractivity contribution in [1.82, 2.24) is 0 Å². The van der Waals surface area contributed by atoms with E-state index in [2.05, 4.69) is 15.9 Å². The third-order valence-corrected chi connectivity index (χ3v) is 4.79. The predicted molar refractivity (Wildman–Crippen MR) is 84.0 cm³/mol. The summed E-state index contributed by atoms with van der Waals surface area (Å²) < 4.78 is 14.0. The van der Waals surface area contributed by atoms with Crippen molar-refractivity contribution in [3.63, 3.8) is 0 Å². The molecule has 1 aliphatic rings. The highest BCUT2D eigenvalue weighted by atomic mass is 79.9. The third kappa shape index (κ3) is 3.18. The molecule has 2 unspecified atom stereocenters. The first-order valence-electron chi connectivity index (χ1n) is 7.09. The Morgan fingerprint density at radius 2 is 2.24 bits per heavy atom. The van der Waals surface area contributed by atoms with E-state index in [9.17, 15) is 14.5 Å². The van der Waals surface area contributed by atoms with Crippen LogP contribution in [0.15, 0.2) is 16.6 Å². The first-order valence-corrected chi connectivity index (χ1v) is 7.89. The van der Waals surface area contributed by atoms with E-state index in [1.165, 1.54) is 12.1 Å². The van der Waals surface area contributed by atoms with E-state index in [0.29, 0.717) is 24.7 Å². The number of benzene rings is 1. The number of hydrogen-bond acceptors (Lipinski definition) is 4. The van der Waals surface area contributed by atoms with Crippen LogP contribution in [0.5, 0.6) is 0 Å². The average molecular weight is 360 g/mol. The number of rotatable bonds is 5. The topological polar surface area (TPSA) is 72.4 Å². The van der Waals surface area contributed by atoms with Crippen molar-refractivity contribution in [3.8, 4) is 0 Å². The summed E-state index contributed by atoms with van der Waals surface area (Å²) in [6.45, 7) is 3.06.